The molecule has 2 aromatic rings. The minimum absolute atomic E-state index is 0.202. The summed E-state index contributed by atoms with van der Waals surface area (Å²) in [4.78, 5) is 23.2. The van der Waals surface area contributed by atoms with Crippen LogP contribution < -0.4 is 10.1 Å². The summed E-state index contributed by atoms with van der Waals surface area (Å²) in [6.45, 7) is 0.250. The molecule has 0 aromatic heterocycles. The van der Waals surface area contributed by atoms with Gasteiger partial charge in [-0.1, -0.05) is 48.2 Å². The second kappa shape index (κ2) is 7.50. The first-order valence-corrected chi connectivity index (χ1v) is 8.54. The molecule has 2 N–H and O–H groups in total. The van der Waals surface area contributed by atoms with Gasteiger partial charge in [0.2, 0.25) is 0 Å². The van der Waals surface area contributed by atoms with Crippen LogP contribution >= 0.6 is 24.0 Å². The lowest BCUT2D eigenvalue weighted by Crippen LogP contribution is -2.17. The normalized spacial score (nSPS) is 15.3. The third-order valence-electron chi connectivity index (χ3n) is 3.38. The van der Waals surface area contributed by atoms with E-state index in [9.17, 15) is 9.59 Å². The number of nitrogens with one attached hydrogen (secondary N) is 1. The van der Waals surface area contributed by atoms with Crippen molar-refractivity contribution in [2.45, 2.75) is 6.61 Å². The van der Waals surface area contributed by atoms with Crippen LogP contribution in [0.5, 0.6) is 5.75 Å². The highest BCUT2D eigenvalue weighted by atomic mass is 32.2. The summed E-state index contributed by atoms with van der Waals surface area (Å²) in [5, 5.41) is 11.6. The number of carbonyl (C=O) groups is 2. The topological polar surface area (TPSA) is 75.6 Å². The van der Waals surface area contributed by atoms with Crippen LogP contribution in [0.15, 0.2) is 53.4 Å². The van der Waals surface area contributed by atoms with Gasteiger partial charge in [0.25, 0.3) is 5.91 Å². The molecule has 0 saturated carbocycles. The molecule has 7 heteroatoms. The van der Waals surface area contributed by atoms with Gasteiger partial charge in [-0.2, -0.15) is 0 Å². The molecule has 3 rings (SSSR count). The first kappa shape index (κ1) is 17.2. The Hall–Kier alpha value is -2.64. The summed E-state index contributed by atoms with van der Waals surface area (Å²) in [7, 11) is 0. The Morgan fingerprint density at radius 1 is 1.24 bits per heavy atom. The molecule has 0 spiro atoms. The molecule has 1 aliphatic rings. The highest BCUT2D eigenvalue weighted by Gasteiger charge is 2.21. The molecule has 0 radical (unpaired) electrons. The Kier molecular flexibility index (Phi) is 5.16. The van der Waals surface area contributed by atoms with E-state index >= 15 is 0 Å². The second-order valence-electron chi connectivity index (χ2n) is 5.22. The molecular weight excluding hydrogens is 358 g/mol. The molecule has 1 aliphatic heterocycles. The van der Waals surface area contributed by atoms with Crippen molar-refractivity contribution in [2.24, 2.45) is 0 Å². The molecule has 0 unspecified atom stereocenters. The average Bonchev–Trinajstić information content (AvgIpc) is 2.91. The lowest BCUT2D eigenvalue weighted by Gasteiger charge is -2.08. The number of benzene rings is 2. The molecule has 0 bridgehead atoms. The second-order valence-corrected chi connectivity index (χ2v) is 6.94. The van der Waals surface area contributed by atoms with Crippen molar-refractivity contribution in [1.82, 2.24) is 5.32 Å². The van der Waals surface area contributed by atoms with E-state index < -0.39 is 5.97 Å². The Labute approximate surface area is 153 Å². The third-order valence-corrected chi connectivity index (χ3v) is 4.54. The molecule has 0 aliphatic carbocycles. The van der Waals surface area contributed by atoms with Gasteiger partial charge in [0.1, 0.15) is 16.7 Å². The molecular formula is C18H13NO4S2. The van der Waals surface area contributed by atoms with Gasteiger partial charge in [-0.3, -0.25) is 4.79 Å². The van der Waals surface area contributed by atoms with Crippen LogP contribution in [0.4, 0.5) is 0 Å². The monoisotopic (exact) mass is 371 g/mol. The van der Waals surface area contributed by atoms with Gasteiger partial charge >= 0.3 is 5.97 Å². The van der Waals surface area contributed by atoms with Gasteiger partial charge in [0, 0.05) is 0 Å². The zero-order valence-electron chi connectivity index (χ0n) is 12.9. The molecule has 1 heterocycles. The summed E-state index contributed by atoms with van der Waals surface area (Å²) in [6.07, 6.45) is 1.75. The number of hydrogen-bond donors (Lipinski definition) is 2. The number of rotatable bonds is 5. The Morgan fingerprint density at radius 2 is 2.04 bits per heavy atom. The molecule has 0 atom stereocenters. The Morgan fingerprint density at radius 3 is 2.76 bits per heavy atom. The van der Waals surface area contributed by atoms with Crippen LogP contribution in [0.1, 0.15) is 21.5 Å². The van der Waals surface area contributed by atoms with Crippen LogP contribution in [0.25, 0.3) is 6.08 Å². The standard InChI is InChI=1S/C18H13NO4S2/c20-16-15(25-18(24)19-16)9-11-3-2-6-14(8-11)23-10-12-4-1-5-13(7-12)17(21)22/h1-9H,10H2,(H,21,22)(H,19,20,24). The zero-order valence-corrected chi connectivity index (χ0v) is 14.5. The minimum atomic E-state index is -0.972. The van der Waals surface area contributed by atoms with E-state index in [0.717, 1.165) is 11.1 Å². The van der Waals surface area contributed by atoms with E-state index in [1.165, 1.54) is 17.8 Å². The maximum Gasteiger partial charge on any atom is 0.335 e. The maximum absolute atomic E-state index is 11.7. The SMILES string of the molecule is O=C1NC(=S)SC1=Cc1cccc(OCc2cccc(C(=O)O)c2)c1. The number of amides is 1. The highest BCUT2D eigenvalue weighted by Crippen LogP contribution is 2.27. The van der Waals surface area contributed by atoms with Crippen molar-refractivity contribution in [1.29, 1.82) is 0 Å². The van der Waals surface area contributed by atoms with Crippen molar-refractivity contribution in [3.8, 4) is 5.75 Å². The summed E-state index contributed by atoms with van der Waals surface area (Å²) in [5.41, 5.74) is 1.80. The van der Waals surface area contributed by atoms with Gasteiger partial charge in [-0.25, -0.2) is 4.79 Å². The predicted molar refractivity (Wildman–Crippen MR) is 100 cm³/mol. The number of carboxylic acid groups (broad SMARTS) is 1. The quantitative estimate of drug-likeness (QED) is 0.619. The lowest BCUT2D eigenvalue weighted by molar-refractivity contribution is -0.115. The van der Waals surface area contributed by atoms with Crippen molar-refractivity contribution < 1.29 is 19.4 Å². The summed E-state index contributed by atoms with van der Waals surface area (Å²) in [5.74, 6) is -0.548. The average molecular weight is 371 g/mol. The van der Waals surface area contributed by atoms with Crippen LogP contribution in [-0.4, -0.2) is 21.3 Å². The van der Waals surface area contributed by atoms with Gasteiger partial charge in [-0.15, -0.1) is 0 Å². The van der Waals surface area contributed by atoms with Crippen molar-refractivity contribution in [2.75, 3.05) is 0 Å². The van der Waals surface area contributed by atoms with E-state index in [-0.39, 0.29) is 18.1 Å². The van der Waals surface area contributed by atoms with Gasteiger partial charge in [0.15, 0.2) is 0 Å². The van der Waals surface area contributed by atoms with Crippen molar-refractivity contribution >= 4 is 46.3 Å². The van der Waals surface area contributed by atoms with Crippen LogP contribution in [0.3, 0.4) is 0 Å². The molecule has 1 amide bonds. The predicted octanol–water partition coefficient (Wildman–Crippen LogP) is 3.45. The fraction of sp³-hybridized carbons (Fsp3) is 0.0556. The van der Waals surface area contributed by atoms with Gasteiger partial charge in [-0.05, 0) is 41.5 Å². The van der Waals surface area contributed by atoms with Gasteiger partial charge < -0.3 is 15.2 Å². The zero-order chi connectivity index (χ0) is 17.8. The first-order valence-electron chi connectivity index (χ1n) is 7.31. The fourth-order valence-electron chi connectivity index (χ4n) is 2.23. The van der Waals surface area contributed by atoms with E-state index in [1.54, 1.807) is 30.3 Å². The van der Waals surface area contributed by atoms with Crippen molar-refractivity contribution in [3.05, 3.63) is 70.1 Å². The van der Waals surface area contributed by atoms with Gasteiger partial charge in [0.05, 0.1) is 10.5 Å². The molecule has 2 aromatic carbocycles. The number of carbonyl (C=O) groups excluding carboxylic acids is 1. The first-order chi connectivity index (χ1) is 12.0. The minimum Gasteiger partial charge on any atom is -0.489 e. The Balaban J connectivity index is 1.71. The summed E-state index contributed by atoms with van der Waals surface area (Å²) in [6, 6.07) is 13.9. The van der Waals surface area contributed by atoms with Crippen molar-refractivity contribution in [3.63, 3.8) is 0 Å². The number of hydrogen-bond acceptors (Lipinski definition) is 5. The summed E-state index contributed by atoms with van der Waals surface area (Å²) >= 11 is 6.19. The number of carboxylic acids is 1. The Bertz CT molecular complexity index is 892. The van der Waals surface area contributed by atoms with E-state index in [0.29, 0.717) is 15.0 Å². The van der Waals surface area contributed by atoms with Crippen LogP contribution in [-0.2, 0) is 11.4 Å². The maximum atomic E-state index is 11.7. The molecule has 25 heavy (non-hydrogen) atoms. The number of ether oxygens (including phenoxy) is 1. The molecule has 1 fully saturated rings. The van der Waals surface area contributed by atoms with E-state index in [2.05, 4.69) is 5.32 Å². The van der Waals surface area contributed by atoms with E-state index in [4.69, 9.17) is 22.1 Å². The number of aromatic carboxylic acids is 1. The largest absolute Gasteiger partial charge is 0.489 e. The van der Waals surface area contributed by atoms with E-state index in [1.807, 2.05) is 18.2 Å². The lowest BCUT2D eigenvalue weighted by atomic mass is 10.1. The molecule has 5 nitrogen and oxygen atoms in total. The fourth-order valence-corrected chi connectivity index (χ4v) is 3.27. The smallest absolute Gasteiger partial charge is 0.335 e. The summed E-state index contributed by atoms with van der Waals surface area (Å²) < 4.78 is 6.17. The van der Waals surface area contributed by atoms with Crippen LogP contribution in [0, 0.1) is 0 Å². The highest BCUT2D eigenvalue weighted by molar-refractivity contribution is 8.26. The molecule has 126 valence electrons. The molecule has 1 saturated heterocycles. The third kappa shape index (κ3) is 4.46. The van der Waals surface area contributed by atoms with Crippen LogP contribution in [0.2, 0.25) is 0 Å². The number of thioether (sulfide) groups is 1. The number of thiocarbonyl (C=S) groups is 1.